The van der Waals surface area contributed by atoms with Gasteiger partial charge < -0.3 is 63.4 Å². The molecule has 3 aromatic rings. The molecule has 0 bridgehead atoms. The van der Waals surface area contributed by atoms with Crippen LogP contribution < -0.4 is 48.7 Å². The quantitative estimate of drug-likeness (QED) is 0.0473. The molecule has 3 aromatic carbocycles. The summed E-state index contributed by atoms with van der Waals surface area (Å²) in [5.41, 5.74) is 14.0. The number of hydrogen-bond donors (Lipinski definition) is 9. The highest BCUT2D eigenvalue weighted by Gasteiger charge is 2.41. The molecule has 3 aliphatic heterocycles. The van der Waals surface area contributed by atoms with Gasteiger partial charge in [0.1, 0.15) is 42.3 Å². The van der Waals surface area contributed by atoms with Gasteiger partial charge >= 0.3 is 0 Å². The Morgan fingerprint density at radius 3 is 1.16 bits per heavy atom. The van der Waals surface area contributed by atoms with Gasteiger partial charge in [0.15, 0.2) is 0 Å². The van der Waals surface area contributed by atoms with Gasteiger partial charge in [0.2, 0.25) is 65.0 Å². The highest BCUT2D eigenvalue weighted by Crippen LogP contribution is 2.23. The van der Waals surface area contributed by atoms with Gasteiger partial charge in [0, 0.05) is 32.5 Å². The predicted molar refractivity (Wildman–Crippen MR) is 298 cm³/mol. The van der Waals surface area contributed by atoms with E-state index in [2.05, 4.69) is 37.2 Å². The van der Waals surface area contributed by atoms with E-state index in [4.69, 9.17) is 11.5 Å². The molecule has 0 aromatic heterocycles. The van der Waals surface area contributed by atoms with Crippen molar-refractivity contribution in [3.05, 3.63) is 108 Å². The van der Waals surface area contributed by atoms with E-state index in [1.165, 1.54) is 14.7 Å². The molecule has 0 saturated carbocycles. The summed E-state index contributed by atoms with van der Waals surface area (Å²) in [5, 5.41) is 18.5. The second-order valence-corrected chi connectivity index (χ2v) is 21.6. The monoisotopic (exact) mass is 1120 g/mol. The third-order valence-electron chi connectivity index (χ3n) is 14.8. The molecular weight excluding hydrogens is 1040 g/mol. The molecule has 0 radical (unpaired) electrons. The van der Waals surface area contributed by atoms with Gasteiger partial charge in [0.25, 0.3) is 0 Å². The molecule has 8 atom stereocenters. The Kier molecular flexibility index (Phi) is 22.8. The fraction of sp³-hybridized carbons (Fsp3) is 0.500. The van der Waals surface area contributed by atoms with E-state index in [0.717, 1.165) is 5.56 Å². The van der Waals surface area contributed by atoms with Crippen molar-refractivity contribution in [2.75, 3.05) is 39.3 Å². The van der Waals surface area contributed by atoms with Crippen molar-refractivity contribution in [1.29, 1.82) is 0 Å². The number of nitrogens with zero attached hydrogens (tertiary/aromatic N) is 3. The number of benzene rings is 3. The minimum absolute atomic E-state index is 0.0366. The van der Waals surface area contributed by atoms with Crippen LogP contribution in [0.5, 0.6) is 0 Å². The third-order valence-corrected chi connectivity index (χ3v) is 14.8. The van der Waals surface area contributed by atoms with Gasteiger partial charge in [0.05, 0.1) is 25.7 Å². The second-order valence-electron chi connectivity index (χ2n) is 21.6. The van der Waals surface area contributed by atoms with Gasteiger partial charge in [-0.05, 0) is 73.5 Å². The fourth-order valence-electron chi connectivity index (χ4n) is 10.5. The van der Waals surface area contributed by atoms with E-state index in [1.807, 2.05) is 30.3 Å². The van der Waals surface area contributed by atoms with Crippen molar-refractivity contribution < 1.29 is 52.7 Å². The van der Waals surface area contributed by atoms with Crippen molar-refractivity contribution in [3.8, 4) is 0 Å². The molecular formula is C58H78N12O11. The van der Waals surface area contributed by atoms with Crippen LogP contribution in [0.4, 0.5) is 0 Å². The number of carbonyl (C=O) groups is 11. The standard InChI is InChI=1S/C58H78N12O11/c1-35(2)49(51(60)74)66-47(72)33-62-54(77)45-25-16-28-70(45)58(81)42(31-39-21-12-7-13-22-39)65-55(78)50(36(3)4)67-48(73)34-63-53(76)44-24-15-27-69(44)57(80)41(30-38-19-10-6-11-20-38)64-46(71)32-61-52(75)43-23-14-26-68(43)56(79)40(59)29-37-17-8-5-9-18-37/h5-13,17-22,35-36,40-45,49-50H,14-16,23-34,59H2,1-4H3,(H2,60,74)(H,61,75)(H,62,77)(H,63,76)(H,64,71)(H,65,78)(H,66,72)(H,67,73)/t40-,41-,42-,43-,44-,45-,49-,50-/m0/s1. The smallest absolute Gasteiger partial charge is 0.246 e. The molecule has 81 heavy (non-hydrogen) atoms. The number of nitrogens with one attached hydrogen (secondary N) is 7. The number of carbonyl (C=O) groups excluding carboxylic acids is 11. The summed E-state index contributed by atoms with van der Waals surface area (Å²) in [6.45, 7) is 5.97. The van der Waals surface area contributed by atoms with Crippen LogP contribution in [0.15, 0.2) is 91.0 Å². The second kappa shape index (κ2) is 29.8. The molecule has 0 unspecified atom stereocenters. The van der Waals surface area contributed by atoms with Crippen molar-refractivity contribution in [2.45, 2.75) is 134 Å². The minimum atomic E-state index is -1.19. The van der Waals surface area contributed by atoms with Gasteiger partial charge in [-0.1, -0.05) is 119 Å². The number of nitrogens with two attached hydrogens (primary N) is 2. The molecule has 23 heteroatoms. The van der Waals surface area contributed by atoms with E-state index in [1.54, 1.807) is 88.4 Å². The lowest BCUT2D eigenvalue weighted by molar-refractivity contribution is -0.142. The van der Waals surface area contributed by atoms with Crippen LogP contribution in [0.2, 0.25) is 0 Å². The van der Waals surface area contributed by atoms with E-state index in [0.29, 0.717) is 49.8 Å². The number of primary amides is 1. The first-order chi connectivity index (χ1) is 38.7. The van der Waals surface area contributed by atoms with E-state index >= 15 is 0 Å². The minimum Gasteiger partial charge on any atom is -0.368 e. The summed E-state index contributed by atoms with van der Waals surface area (Å²) in [6.07, 6.45) is 2.80. The average Bonchev–Trinajstić information content (AvgIpc) is 4.29. The molecule has 3 aliphatic rings. The molecule has 3 fully saturated rings. The first-order valence-corrected chi connectivity index (χ1v) is 27.8. The zero-order chi connectivity index (χ0) is 58.8. The summed E-state index contributed by atoms with van der Waals surface area (Å²) in [4.78, 5) is 153. The average molecular weight is 1120 g/mol. The molecule has 23 nitrogen and oxygen atoms in total. The molecule has 3 heterocycles. The first-order valence-electron chi connectivity index (χ1n) is 27.8. The van der Waals surface area contributed by atoms with Gasteiger partial charge in [-0.15, -0.1) is 0 Å². The van der Waals surface area contributed by atoms with E-state index in [9.17, 15) is 52.7 Å². The highest BCUT2D eigenvalue weighted by molar-refractivity contribution is 5.98. The molecule has 436 valence electrons. The Labute approximate surface area is 472 Å². The maximum Gasteiger partial charge on any atom is 0.246 e. The van der Waals surface area contributed by atoms with E-state index in [-0.39, 0.29) is 50.6 Å². The van der Waals surface area contributed by atoms with Gasteiger partial charge in [-0.2, -0.15) is 0 Å². The van der Waals surface area contributed by atoms with Gasteiger partial charge in [-0.25, -0.2) is 0 Å². The summed E-state index contributed by atoms with van der Waals surface area (Å²) in [7, 11) is 0. The number of rotatable bonds is 26. The number of amides is 11. The lowest BCUT2D eigenvalue weighted by Crippen LogP contribution is -2.59. The Balaban J connectivity index is 1.04. The molecule has 3 saturated heterocycles. The van der Waals surface area contributed by atoms with Crippen LogP contribution in [-0.2, 0) is 72.0 Å². The molecule has 11 N–H and O–H groups in total. The third kappa shape index (κ3) is 17.6. The Bertz CT molecular complexity index is 2710. The van der Waals surface area contributed by atoms with Crippen LogP contribution in [-0.4, -0.2) is 167 Å². The van der Waals surface area contributed by atoms with E-state index < -0.39 is 133 Å². The molecule has 11 amide bonds. The lowest BCUT2D eigenvalue weighted by Gasteiger charge is -2.31. The normalized spacial score (nSPS) is 18.7. The first kappa shape index (κ1) is 62.0. The maximum absolute atomic E-state index is 14.4. The van der Waals surface area contributed by atoms with Gasteiger partial charge in [-0.3, -0.25) is 52.7 Å². The SMILES string of the molecule is CC(C)[C@H](NC(=O)CNC(=O)[C@@H]1CCCN1C(=O)[C@H](Cc1ccccc1)NC(=O)[C@@H](NC(=O)CNC(=O)[C@@H]1CCCN1C(=O)[C@H](Cc1ccccc1)NC(=O)CNC(=O)[C@@H]1CCCN1C(=O)[C@@H](N)Cc1ccccc1)C(C)C)C(N)=O. The van der Waals surface area contributed by atoms with Crippen molar-refractivity contribution >= 4 is 65.0 Å². The Morgan fingerprint density at radius 2 is 0.790 bits per heavy atom. The maximum atomic E-state index is 14.4. The summed E-state index contributed by atoms with van der Waals surface area (Å²) in [6, 6.07) is 19.0. The highest BCUT2D eigenvalue weighted by atomic mass is 16.2. The summed E-state index contributed by atoms with van der Waals surface area (Å²) in [5.74, 6) is -7.51. The Hall–Kier alpha value is -8.21. The summed E-state index contributed by atoms with van der Waals surface area (Å²) >= 11 is 0. The number of likely N-dealkylation sites (tertiary alicyclic amines) is 3. The molecule has 6 rings (SSSR count). The summed E-state index contributed by atoms with van der Waals surface area (Å²) < 4.78 is 0. The molecule has 0 spiro atoms. The fourth-order valence-corrected chi connectivity index (χ4v) is 10.5. The van der Waals surface area contributed by atoms with Crippen molar-refractivity contribution in [2.24, 2.45) is 23.3 Å². The zero-order valence-corrected chi connectivity index (χ0v) is 46.5. The lowest BCUT2D eigenvalue weighted by atomic mass is 10.0. The van der Waals surface area contributed by atoms with Crippen molar-refractivity contribution in [1.82, 2.24) is 51.9 Å². The predicted octanol–water partition coefficient (Wildman–Crippen LogP) is -0.900. The zero-order valence-electron chi connectivity index (χ0n) is 46.5. The largest absolute Gasteiger partial charge is 0.368 e. The van der Waals surface area contributed by atoms with Crippen LogP contribution in [0, 0.1) is 11.8 Å². The van der Waals surface area contributed by atoms with Crippen LogP contribution >= 0.6 is 0 Å². The Morgan fingerprint density at radius 1 is 0.457 bits per heavy atom. The van der Waals surface area contributed by atoms with Crippen LogP contribution in [0.25, 0.3) is 0 Å². The topological polar surface area (TPSA) is 334 Å². The van der Waals surface area contributed by atoms with Crippen LogP contribution in [0.3, 0.4) is 0 Å². The number of hydrogen-bond acceptors (Lipinski definition) is 12. The van der Waals surface area contributed by atoms with Crippen molar-refractivity contribution in [3.63, 3.8) is 0 Å². The molecule has 0 aliphatic carbocycles. The van der Waals surface area contributed by atoms with Crippen LogP contribution in [0.1, 0.15) is 82.9 Å².